The van der Waals surface area contributed by atoms with E-state index in [1.807, 2.05) is 0 Å². The lowest BCUT2D eigenvalue weighted by molar-refractivity contribution is 0.0468. The van der Waals surface area contributed by atoms with Crippen LogP contribution in [-0.4, -0.2) is 70.3 Å². The maximum atomic E-state index is 13.2. The second kappa shape index (κ2) is 15.4. The Hall–Kier alpha value is -5.75. The number of fused-ring (bicyclic) bond motifs is 2. The first-order chi connectivity index (χ1) is 24.2. The zero-order chi connectivity index (χ0) is 36.9. The van der Waals surface area contributed by atoms with Gasteiger partial charge in [-0.2, -0.15) is 0 Å². The van der Waals surface area contributed by atoms with Crippen molar-refractivity contribution in [2.45, 2.75) is 51.3 Å². The molecule has 4 aromatic carbocycles. The smallest absolute Gasteiger partial charge is 0.407 e. The van der Waals surface area contributed by atoms with Crippen molar-refractivity contribution in [2.75, 3.05) is 13.1 Å². The lowest BCUT2D eigenvalue weighted by Gasteiger charge is -2.26. The van der Waals surface area contributed by atoms with Crippen LogP contribution in [-0.2, 0) is 17.6 Å². The number of rotatable bonds is 9. The molecule has 6 rings (SSSR count). The van der Waals surface area contributed by atoms with Crippen molar-refractivity contribution < 1.29 is 37.5 Å². The van der Waals surface area contributed by atoms with Gasteiger partial charge in [0.25, 0.3) is 23.6 Å². The number of hydrogen-bond acceptors (Lipinski definition) is 7. The zero-order valence-electron chi connectivity index (χ0n) is 28.4. The number of ether oxygens (including phenoxy) is 1. The topological polar surface area (TPSA) is 139 Å². The molecule has 5 amide bonds. The fourth-order valence-electron chi connectivity index (χ4n) is 5.79. The fraction of sp³-hybridized carbons (Fsp3) is 0.256. The van der Waals surface area contributed by atoms with E-state index in [0.717, 1.165) is 16.0 Å². The van der Waals surface area contributed by atoms with E-state index in [-0.39, 0.29) is 36.5 Å². The monoisotopic (exact) mass is 696 g/mol. The van der Waals surface area contributed by atoms with Gasteiger partial charge in [-0.25, -0.2) is 13.6 Å². The normalized spacial score (nSPS) is 14.8. The van der Waals surface area contributed by atoms with Crippen molar-refractivity contribution in [2.24, 2.45) is 5.73 Å². The molecule has 2 heterocycles. The Kier molecular flexibility index (Phi) is 11.0. The van der Waals surface area contributed by atoms with Crippen LogP contribution in [0, 0.1) is 11.6 Å². The number of alkyl carbamates (subject to hydrolysis) is 1. The van der Waals surface area contributed by atoms with Crippen LogP contribution in [0.5, 0.6) is 0 Å². The largest absolute Gasteiger partial charge is 0.444 e. The van der Waals surface area contributed by atoms with Crippen LogP contribution in [0.4, 0.5) is 13.6 Å². The maximum absolute atomic E-state index is 13.2. The van der Waals surface area contributed by atoms with Crippen LogP contribution in [0.1, 0.15) is 73.3 Å². The van der Waals surface area contributed by atoms with Gasteiger partial charge in [0.1, 0.15) is 17.2 Å². The highest BCUT2D eigenvalue weighted by molar-refractivity contribution is 6.22. The third-order valence-electron chi connectivity index (χ3n) is 8.10. The summed E-state index contributed by atoms with van der Waals surface area (Å²) in [6, 6.07) is 24.2. The van der Waals surface area contributed by atoms with Crippen molar-refractivity contribution in [1.82, 2.24) is 15.1 Å². The molecule has 0 saturated heterocycles. The Morgan fingerprint density at radius 1 is 0.647 bits per heavy atom. The third-order valence-corrected chi connectivity index (χ3v) is 8.10. The van der Waals surface area contributed by atoms with E-state index in [1.54, 1.807) is 93.6 Å². The molecular formula is C39H38F2N4O6. The summed E-state index contributed by atoms with van der Waals surface area (Å²) in [6.07, 6.45) is 0.113. The molecule has 0 bridgehead atoms. The van der Waals surface area contributed by atoms with E-state index in [2.05, 4.69) is 5.32 Å². The van der Waals surface area contributed by atoms with Crippen LogP contribution in [0.2, 0.25) is 0 Å². The molecule has 2 atom stereocenters. The molecule has 0 spiro atoms. The number of nitrogens with zero attached hydrogens (tertiary/aromatic N) is 2. The van der Waals surface area contributed by atoms with Gasteiger partial charge in [-0.1, -0.05) is 48.5 Å². The standard InChI is InChI=1S/C22H23FN2O4.C17H15FN2O2/c1-22(2,3)29-21(28)24-16(12-14-8-10-15(23)11-9-14)13-25-19(26)17-6-4-5-7-18(17)20(25)27;18-12-7-5-11(6-8-12)9-13(19)10-20-16(21)14-3-1-2-4-15(14)17(20)22/h4-11,16H,12-13H2,1-3H3,(H,24,28);1-8,13H,9-10,19H2/t16-;13-/m00/s1. The van der Waals surface area contributed by atoms with E-state index >= 15 is 0 Å². The molecular weight excluding hydrogens is 658 g/mol. The summed E-state index contributed by atoms with van der Waals surface area (Å²) in [4.78, 5) is 64.4. The van der Waals surface area contributed by atoms with Gasteiger partial charge in [0.15, 0.2) is 0 Å². The average Bonchev–Trinajstić information content (AvgIpc) is 3.46. The molecule has 10 nitrogen and oxygen atoms in total. The summed E-state index contributed by atoms with van der Waals surface area (Å²) in [7, 11) is 0. The van der Waals surface area contributed by atoms with Gasteiger partial charge in [0.2, 0.25) is 0 Å². The highest BCUT2D eigenvalue weighted by Crippen LogP contribution is 2.24. The van der Waals surface area contributed by atoms with Gasteiger partial charge < -0.3 is 15.8 Å². The van der Waals surface area contributed by atoms with E-state index in [4.69, 9.17) is 10.5 Å². The summed E-state index contributed by atoms with van der Waals surface area (Å²) in [5, 5.41) is 2.73. The SMILES string of the molecule is CC(C)(C)OC(=O)N[C@@H](Cc1ccc(F)cc1)CN1C(=O)c2ccccc2C1=O.N[C@@H](Cc1ccc(F)cc1)CN1C(=O)c2ccccc2C1=O. The molecule has 0 saturated carbocycles. The Labute approximate surface area is 294 Å². The van der Waals surface area contributed by atoms with E-state index in [9.17, 15) is 32.8 Å². The predicted octanol–water partition coefficient (Wildman–Crippen LogP) is 5.55. The van der Waals surface area contributed by atoms with E-state index in [0.29, 0.717) is 35.1 Å². The average molecular weight is 697 g/mol. The Morgan fingerprint density at radius 3 is 1.41 bits per heavy atom. The number of amides is 5. The number of nitrogens with one attached hydrogen (secondary N) is 1. The lowest BCUT2D eigenvalue weighted by atomic mass is 10.1. The Morgan fingerprint density at radius 2 is 1.02 bits per heavy atom. The first kappa shape index (κ1) is 36.5. The number of halogens is 2. The number of carbonyl (C=O) groups is 5. The number of benzene rings is 4. The summed E-state index contributed by atoms with van der Waals surface area (Å²) in [5.41, 5.74) is 8.49. The van der Waals surface area contributed by atoms with Gasteiger partial charge >= 0.3 is 6.09 Å². The molecule has 51 heavy (non-hydrogen) atoms. The van der Waals surface area contributed by atoms with Crippen molar-refractivity contribution in [3.63, 3.8) is 0 Å². The summed E-state index contributed by atoms with van der Waals surface area (Å²) < 4.78 is 31.4. The molecule has 2 aliphatic heterocycles. The lowest BCUT2D eigenvalue weighted by Crippen LogP contribution is -2.48. The van der Waals surface area contributed by atoms with Gasteiger partial charge in [0.05, 0.1) is 34.8 Å². The number of carbonyl (C=O) groups excluding carboxylic acids is 5. The summed E-state index contributed by atoms with van der Waals surface area (Å²) in [5.74, 6) is -2.10. The zero-order valence-corrected chi connectivity index (χ0v) is 28.4. The van der Waals surface area contributed by atoms with Crippen LogP contribution < -0.4 is 11.1 Å². The first-order valence-corrected chi connectivity index (χ1v) is 16.3. The minimum absolute atomic E-state index is 0.0248. The highest BCUT2D eigenvalue weighted by Gasteiger charge is 2.37. The molecule has 3 N–H and O–H groups in total. The molecule has 2 aliphatic rings. The molecule has 12 heteroatoms. The Balaban J connectivity index is 0.000000205. The maximum Gasteiger partial charge on any atom is 0.407 e. The second-order valence-corrected chi connectivity index (χ2v) is 13.3. The molecule has 0 radical (unpaired) electrons. The quantitative estimate of drug-likeness (QED) is 0.219. The first-order valence-electron chi connectivity index (χ1n) is 16.3. The second-order valence-electron chi connectivity index (χ2n) is 13.3. The molecule has 0 aromatic heterocycles. The van der Waals surface area contributed by atoms with Gasteiger partial charge in [-0.05, 0) is 93.3 Å². The van der Waals surface area contributed by atoms with Crippen LogP contribution in [0.3, 0.4) is 0 Å². The summed E-state index contributed by atoms with van der Waals surface area (Å²) >= 11 is 0. The third kappa shape index (κ3) is 9.08. The van der Waals surface area contributed by atoms with E-state index < -0.39 is 35.6 Å². The highest BCUT2D eigenvalue weighted by atomic mass is 19.1. The van der Waals surface area contributed by atoms with Crippen molar-refractivity contribution in [3.05, 3.63) is 142 Å². The van der Waals surface area contributed by atoms with Crippen molar-refractivity contribution >= 4 is 29.7 Å². The van der Waals surface area contributed by atoms with Crippen LogP contribution in [0.15, 0.2) is 97.1 Å². The summed E-state index contributed by atoms with van der Waals surface area (Å²) in [6.45, 7) is 5.34. The molecule has 0 unspecified atom stereocenters. The van der Waals surface area contributed by atoms with Crippen molar-refractivity contribution in [3.8, 4) is 0 Å². The predicted molar refractivity (Wildman–Crippen MR) is 185 cm³/mol. The van der Waals surface area contributed by atoms with Crippen LogP contribution in [0.25, 0.3) is 0 Å². The van der Waals surface area contributed by atoms with Gasteiger partial charge in [-0.3, -0.25) is 29.0 Å². The molecule has 0 fully saturated rings. The van der Waals surface area contributed by atoms with Gasteiger partial charge in [-0.15, -0.1) is 0 Å². The molecule has 264 valence electrons. The number of imide groups is 2. The number of hydrogen-bond donors (Lipinski definition) is 2. The van der Waals surface area contributed by atoms with Crippen molar-refractivity contribution in [1.29, 1.82) is 0 Å². The minimum atomic E-state index is -0.694. The Bertz CT molecular complexity index is 1870. The number of nitrogens with two attached hydrogens (primary N) is 1. The van der Waals surface area contributed by atoms with E-state index in [1.165, 1.54) is 29.2 Å². The molecule has 0 aliphatic carbocycles. The van der Waals surface area contributed by atoms with Gasteiger partial charge in [0, 0.05) is 12.6 Å². The van der Waals surface area contributed by atoms with Crippen LogP contribution >= 0.6 is 0 Å². The fourth-order valence-corrected chi connectivity index (χ4v) is 5.79. The molecule has 4 aromatic rings. The minimum Gasteiger partial charge on any atom is -0.444 e.